The minimum atomic E-state index is 0. The maximum atomic E-state index is 11.0. The number of rotatable bonds is 6. The van der Waals surface area contributed by atoms with E-state index in [1.807, 2.05) is 41.5 Å². The van der Waals surface area contributed by atoms with Crippen LogP contribution in [0.2, 0.25) is 0 Å². The first kappa shape index (κ1) is 24.9. The van der Waals surface area contributed by atoms with E-state index in [0.717, 1.165) is 6.54 Å². The van der Waals surface area contributed by atoms with E-state index >= 15 is 0 Å². The molecule has 0 aliphatic carbocycles. The molecule has 0 aliphatic heterocycles. The lowest BCUT2D eigenvalue weighted by atomic mass is 10.1. The predicted molar refractivity (Wildman–Crippen MR) is 92.2 cm³/mol. The van der Waals surface area contributed by atoms with Crippen LogP contribution in [0, 0.1) is 17.8 Å². The van der Waals surface area contributed by atoms with Crippen LogP contribution >= 0.6 is 0 Å². The molecule has 0 atom stereocenters. The summed E-state index contributed by atoms with van der Waals surface area (Å²) in [6, 6.07) is 0.270. The van der Waals surface area contributed by atoms with Crippen LogP contribution in [0.3, 0.4) is 0 Å². The standard InChI is InChI=1S/2C8H17NO.CH4/c1-6(2)5-9-8(10)7(3)4;1-6(2)5-8(10)9-7(3)4;/h2*6-7H,5H2,1-4H3,(H,9,10);1H4. The molecule has 0 rings (SSSR count). The number of hydrogen-bond donors (Lipinski definition) is 2. The van der Waals surface area contributed by atoms with Crippen LogP contribution < -0.4 is 10.6 Å². The van der Waals surface area contributed by atoms with Crippen molar-refractivity contribution in [1.82, 2.24) is 10.6 Å². The fourth-order valence-electron chi connectivity index (χ4n) is 1.26. The van der Waals surface area contributed by atoms with Gasteiger partial charge in [0.1, 0.15) is 0 Å². The van der Waals surface area contributed by atoms with E-state index in [4.69, 9.17) is 0 Å². The summed E-state index contributed by atoms with van der Waals surface area (Å²) in [5.41, 5.74) is 0. The minimum absolute atomic E-state index is 0. The maximum absolute atomic E-state index is 11.0. The molecule has 4 heteroatoms. The van der Waals surface area contributed by atoms with E-state index in [0.29, 0.717) is 18.3 Å². The first-order valence-corrected chi connectivity index (χ1v) is 7.63. The van der Waals surface area contributed by atoms with Gasteiger partial charge in [0, 0.05) is 24.9 Å². The molecule has 2 N–H and O–H groups in total. The molecule has 0 bridgehead atoms. The average Bonchev–Trinajstić information content (AvgIpc) is 2.23. The molecule has 0 fully saturated rings. The number of hydrogen-bond acceptors (Lipinski definition) is 2. The molecule has 0 aromatic carbocycles. The Hall–Kier alpha value is -1.06. The molecule has 0 saturated heterocycles. The summed E-state index contributed by atoms with van der Waals surface area (Å²) in [7, 11) is 0. The molecule has 2 amide bonds. The van der Waals surface area contributed by atoms with Gasteiger partial charge in [0.2, 0.25) is 11.8 Å². The predicted octanol–water partition coefficient (Wildman–Crippen LogP) is 3.61. The topological polar surface area (TPSA) is 58.2 Å². The molecule has 21 heavy (non-hydrogen) atoms. The third kappa shape index (κ3) is 21.4. The summed E-state index contributed by atoms with van der Waals surface area (Å²) in [6.45, 7) is 16.8. The second-order valence-electron chi connectivity index (χ2n) is 6.61. The lowest BCUT2D eigenvalue weighted by molar-refractivity contribution is -0.124. The highest BCUT2D eigenvalue weighted by Crippen LogP contribution is 1.98. The normalized spacial score (nSPS) is 10.1. The molecule has 0 aromatic rings. The summed E-state index contributed by atoms with van der Waals surface area (Å²) in [4.78, 5) is 21.9. The largest absolute Gasteiger partial charge is 0.356 e. The van der Waals surface area contributed by atoms with Gasteiger partial charge in [0.15, 0.2) is 0 Å². The maximum Gasteiger partial charge on any atom is 0.222 e. The molecule has 0 radical (unpaired) electrons. The van der Waals surface area contributed by atoms with E-state index in [2.05, 4.69) is 24.5 Å². The Morgan fingerprint density at radius 2 is 1.33 bits per heavy atom. The third-order valence-corrected chi connectivity index (χ3v) is 2.25. The van der Waals surface area contributed by atoms with Crippen LogP contribution in [0.25, 0.3) is 0 Å². The molecule has 128 valence electrons. The van der Waals surface area contributed by atoms with Gasteiger partial charge < -0.3 is 10.6 Å². The number of carbonyl (C=O) groups excluding carboxylic acids is 2. The van der Waals surface area contributed by atoms with Crippen molar-refractivity contribution in [3.8, 4) is 0 Å². The molecule has 0 unspecified atom stereocenters. The fourth-order valence-corrected chi connectivity index (χ4v) is 1.26. The zero-order valence-electron chi connectivity index (χ0n) is 14.5. The highest BCUT2D eigenvalue weighted by atomic mass is 16.2. The van der Waals surface area contributed by atoms with Gasteiger partial charge in [0.05, 0.1) is 0 Å². The zero-order valence-corrected chi connectivity index (χ0v) is 14.5. The number of nitrogens with one attached hydrogen (secondary N) is 2. The van der Waals surface area contributed by atoms with Gasteiger partial charge in [-0.05, 0) is 25.7 Å². The highest BCUT2D eigenvalue weighted by Gasteiger charge is 2.05. The molecule has 0 heterocycles. The summed E-state index contributed by atoms with van der Waals surface area (Å²) in [6.07, 6.45) is 0.637. The van der Waals surface area contributed by atoms with Crippen molar-refractivity contribution in [2.45, 2.75) is 75.3 Å². The van der Waals surface area contributed by atoms with Crippen molar-refractivity contribution in [3.63, 3.8) is 0 Å². The minimum Gasteiger partial charge on any atom is -0.356 e. The number of amides is 2. The number of carbonyl (C=O) groups is 2. The summed E-state index contributed by atoms with van der Waals surface area (Å²) in [5.74, 6) is 1.42. The Morgan fingerprint density at radius 3 is 1.62 bits per heavy atom. The van der Waals surface area contributed by atoms with Crippen LogP contribution in [0.1, 0.15) is 69.2 Å². The smallest absolute Gasteiger partial charge is 0.222 e. The van der Waals surface area contributed by atoms with E-state index in [1.165, 1.54) is 0 Å². The van der Waals surface area contributed by atoms with Gasteiger partial charge in [-0.2, -0.15) is 0 Å². The van der Waals surface area contributed by atoms with E-state index in [9.17, 15) is 9.59 Å². The summed E-state index contributed by atoms with van der Waals surface area (Å²) in [5, 5.41) is 5.68. The van der Waals surface area contributed by atoms with Crippen molar-refractivity contribution >= 4 is 11.8 Å². The van der Waals surface area contributed by atoms with Crippen LogP contribution in [0.15, 0.2) is 0 Å². The Labute approximate surface area is 132 Å². The summed E-state index contributed by atoms with van der Waals surface area (Å²) < 4.78 is 0. The first-order chi connectivity index (χ1) is 9.06. The molecular formula is C17H38N2O2. The Bertz CT molecular complexity index is 260. The van der Waals surface area contributed by atoms with Crippen LogP contribution in [0.5, 0.6) is 0 Å². The SMILES string of the molecule is C.CC(C)CC(=O)NC(C)C.CC(C)CNC(=O)C(C)C. The second-order valence-corrected chi connectivity index (χ2v) is 6.61. The van der Waals surface area contributed by atoms with Crippen molar-refractivity contribution in [1.29, 1.82) is 0 Å². The van der Waals surface area contributed by atoms with Crippen molar-refractivity contribution < 1.29 is 9.59 Å². The molecule has 0 aliphatic rings. The quantitative estimate of drug-likeness (QED) is 0.787. The van der Waals surface area contributed by atoms with Crippen LogP contribution in [-0.4, -0.2) is 24.4 Å². The van der Waals surface area contributed by atoms with Crippen molar-refractivity contribution in [3.05, 3.63) is 0 Å². The molecule has 0 spiro atoms. The van der Waals surface area contributed by atoms with Crippen LogP contribution in [0.4, 0.5) is 0 Å². The van der Waals surface area contributed by atoms with E-state index < -0.39 is 0 Å². The summed E-state index contributed by atoms with van der Waals surface area (Å²) >= 11 is 0. The third-order valence-electron chi connectivity index (χ3n) is 2.25. The molecule has 4 nitrogen and oxygen atoms in total. The van der Waals surface area contributed by atoms with Gasteiger partial charge in [0.25, 0.3) is 0 Å². The van der Waals surface area contributed by atoms with Gasteiger partial charge in [-0.3, -0.25) is 9.59 Å². The fraction of sp³-hybridized carbons (Fsp3) is 0.882. The average molecular weight is 303 g/mol. The van der Waals surface area contributed by atoms with Gasteiger partial charge >= 0.3 is 0 Å². The Morgan fingerprint density at radius 1 is 0.857 bits per heavy atom. The van der Waals surface area contributed by atoms with E-state index in [1.54, 1.807) is 0 Å². The van der Waals surface area contributed by atoms with Crippen LogP contribution in [-0.2, 0) is 9.59 Å². The monoisotopic (exact) mass is 302 g/mol. The second kappa shape index (κ2) is 13.9. The van der Waals surface area contributed by atoms with Gasteiger partial charge in [-0.1, -0.05) is 49.0 Å². The van der Waals surface area contributed by atoms with E-state index in [-0.39, 0.29) is 31.2 Å². The van der Waals surface area contributed by atoms with Gasteiger partial charge in [-0.15, -0.1) is 0 Å². The zero-order chi connectivity index (χ0) is 16.3. The molecule has 0 saturated carbocycles. The lowest BCUT2D eigenvalue weighted by Gasteiger charge is -2.09. The van der Waals surface area contributed by atoms with Crippen molar-refractivity contribution in [2.24, 2.45) is 17.8 Å². The van der Waals surface area contributed by atoms with Gasteiger partial charge in [-0.25, -0.2) is 0 Å². The Balaban J connectivity index is -0.000000295. The molecular weight excluding hydrogens is 264 g/mol. The lowest BCUT2D eigenvalue weighted by Crippen LogP contribution is -2.30. The Kier molecular flexibility index (Phi) is 16.5. The highest BCUT2D eigenvalue weighted by molar-refractivity contribution is 5.77. The van der Waals surface area contributed by atoms with Crippen molar-refractivity contribution in [2.75, 3.05) is 6.54 Å². The molecule has 0 aromatic heterocycles. The first-order valence-electron chi connectivity index (χ1n) is 7.63.